The van der Waals surface area contributed by atoms with Gasteiger partial charge in [-0.1, -0.05) is 6.42 Å². The Morgan fingerprint density at radius 3 is 2.85 bits per heavy atom. The lowest BCUT2D eigenvalue weighted by Gasteiger charge is -2.09. The van der Waals surface area contributed by atoms with Gasteiger partial charge in [0.15, 0.2) is 5.69 Å². The number of anilines is 1. The second kappa shape index (κ2) is 9.19. The molecule has 6 nitrogen and oxygen atoms in total. The number of unbranched alkanes of at least 4 members (excludes halogenated alkanes) is 2. The van der Waals surface area contributed by atoms with Crippen molar-refractivity contribution in [2.45, 2.75) is 19.3 Å². The summed E-state index contributed by atoms with van der Waals surface area (Å²) in [5.74, 6) is -0.0397. The first kappa shape index (κ1) is 16.3. The number of pyridine rings is 1. The standard InChI is InChI=1S/C13H19N3O3S/c1-20-9-4-2-3-7-15-13(19)16-10-6-5-8-14-11(10)12(17)18/h5-6,8H,2-4,7,9H2,1H3,(H,17,18)(H2,15,16,19). The van der Waals surface area contributed by atoms with Gasteiger partial charge >= 0.3 is 12.0 Å². The van der Waals surface area contributed by atoms with Crippen molar-refractivity contribution in [3.8, 4) is 0 Å². The van der Waals surface area contributed by atoms with E-state index in [9.17, 15) is 9.59 Å². The highest BCUT2D eigenvalue weighted by Crippen LogP contribution is 2.11. The number of hydrogen-bond acceptors (Lipinski definition) is 4. The molecule has 0 aliphatic carbocycles. The summed E-state index contributed by atoms with van der Waals surface area (Å²) in [5.41, 5.74) is 0.0301. The van der Waals surface area contributed by atoms with E-state index in [4.69, 9.17) is 5.11 Å². The minimum absolute atomic E-state index is 0.164. The summed E-state index contributed by atoms with van der Waals surface area (Å²) in [6.45, 7) is 0.572. The van der Waals surface area contributed by atoms with Gasteiger partial charge in [-0.25, -0.2) is 14.6 Å². The lowest BCUT2D eigenvalue weighted by molar-refractivity contribution is 0.0692. The average Bonchev–Trinajstić information content (AvgIpc) is 2.43. The topological polar surface area (TPSA) is 91.3 Å². The Labute approximate surface area is 122 Å². The summed E-state index contributed by atoms with van der Waals surface area (Å²) in [6.07, 6.45) is 6.55. The SMILES string of the molecule is CSCCCCCNC(=O)Nc1cccnc1C(=O)O. The zero-order valence-electron chi connectivity index (χ0n) is 11.4. The molecule has 0 fully saturated rings. The van der Waals surface area contributed by atoms with Crippen LogP contribution in [0.25, 0.3) is 0 Å². The Morgan fingerprint density at radius 2 is 2.15 bits per heavy atom. The molecule has 0 atom stereocenters. The minimum Gasteiger partial charge on any atom is -0.476 e. The fourth-order valence-corrected chi connectivity index (χ4v) is 2.09. The summed E-state index contributed by atoms with van der Waals surface area (Å²) in [6, 6.07) is 2.67. The Bertz CT molecular complexity index is 454. The molecule has 0 saturated heterocycles. The van der Waals surface area contributed by atoms with Gasteiger partial charge in [-0.2, -0.15) is 11.8 Å². The van der Waals surface area contributed by atoms with Gasteiger partial charge in [-0.3, -0.25) is 0 Å². The predicted octanol–water partition coefficient (Wildman–Crippen LogP) is 2.43. The van der Waals surface area contributed by atoms with Crippen LogP contribution in [0.1, 0.15) is 29.8 Å². The summed E-state index contributed by atoms with van der Waals surface area (Å²) >= 11 is 1.81. The van der Waals surface area contributed by atoms with Crippen molar-refractivity contribution in [3.63, 3.8) is 0 Å². The number of carbonyl (C=O) groups excluding carboxylic acids is 1. The number of carboxylic acid groups (broad SMARTS) is 1. The van der Waals surface area contributed by atoms with Crippen LogP contribution in [0.3, 0.4) is 0 Å². The molecule has 110 valence electrons. The summed E-state index contributed by atoms with van der Waals surface area (Å²) in [5, 5.41) is 14.1. The van der Waals surface area contributed by atoms with E-state index in [1.54, 1.807) is 6.07 Å². The number of aromatic carboxylic acids is 1. The number of amides is 2. The van der Waals surface area contributed by atoms with E-state index in [1.165, 1.54) is 12.3 Å². The van der Waals surface area contributed by atoms with E-state index in [0.29, 0.717) is 6.54 Å². The maximum atomic E-state index is 11.6. The van der Waals surface area contributed by atoms with Crippen molar-refractivity contribution in [2.24, 2.45) is 0 Å². The molecular formula is C13H19N3O3S. The van der Waals surface area contributed by atoms with Crippen LogP contribution in [0, 0.1) is 0 Å². The van der Waals surface area contributed by atoms with Gasteiger partial charge in [0.2, 0.25) is 0 Å². The maximum Gasteiger partial charge on any atom is 0.356 e. The Balaban J connectivity index is 2.34. The molecule has 7 heteroatoms. The first-order chi connectivity index (χ1) is 9.65. The number of thioether (sulfide) groups is 1. The predicted molar refractivity (Wildman–Crippen MR) is 80.5 cm³/mol. The van der Waals surface area contributed by atoms with Crippen LogP contribution in [-0.2, 0) is 0 Å². The lowest BCUT2D eigenvalue weighted by atomic mass is 10.2. The van der Waals surface area contributed by atoms with Gasteiger partial charge in [-0.15, -0.1) is 0 Å². The Hall–Kier alpha value is -1.76. The summed E-state index contributed by atoms with van der Waals surface area (Å²) in [4.78, 5) is 26.3. The van der Waals surface area contributed by atoms with Gasteiger partial charge in [0.25, 0.3) is 0 Å². The van der Waals surface area contributed by atoms with Crippen molar-refractivity contribution in [1.82, 2.24) is 10.3 Å². The van der Waals surface area contributed by atoms with Gasteiger partial charge in [0.05, 0.1) is 5.69 Å². The molecule has 1 aromatic heterocycles. The molecule has 1 heterocycles. The third kappa shape index (κ3) is 5.92. The molecule has 0 radical (unpaired) electrons. The number of nitrogens with one attached hydrogen (secondary N) is 2. The van der Waals surface area contributed by atoms with E-state index in [-0.39, 0.29) is 11.4 Å². The second-order valence-electron chi connectivity index (χ2n) is 4.14. The lowest BCUT2D eigenvalue weighted by Crippen LogP contribution is -2.30. The highest BCUT2D eigenvalue weighted by atomic mass is 32.2. The zero-order chi connectivity index (χ0) is 14.8. The average molecular weight is 297 g/mol. The molecule has 0 unspecified atom stereocenters. The quantitative estimate of drug-likeness (QED) is 0.641. The number of carboxylic acids is 1. The first-order valence-electron chi connectivity index (χ1n) is 6.37. The monoisotopic (exact) mass is 297 g/mol. The maximum absolute atomic E-state index is 11.6. The van der Waals surface area contributed by atoms with Crippen molar-refractivity contribution in [3.05, 3.63) is 24.0 Å². The van der Waals surface area contributed by atoms with Gasteiger partial charge in [-0.05, 0) is 37.0 Å². The van der Waals surface area contributed by atoms with E-state index in [1.807, 2.05) is 11.8 Å². The minimum atomic E-state index is -1.17. The third-order valence-electron chi connectivity index (χ3n) is 2.57. The summed E-state index contributed by atoms with van der Waals surface area (Å²) in [7, 11) is 0. The van der Waals surface area contributed by atoms with Crippen LogP contribution in [-0.4, -0.2) is 40.6 Å². The van der Waals surface area contributed by atoms with Crippen molar-refractivity contribution < 1.29 is 14.7 Å². The molecule has 2 amide bonds. The molecule has 0 aromatic carbocycles. The van der Waals surface area contributed by atoms with Crippen LogP contribution in [0.4, 0.5) is 10.5 Å². The van der Waals surface area contributed by atoms with E-state index in [2.05, 4.69) is 21.9 Å². The Morgan fingerprint density at radius 1 is 1.35 bits per heavy atom. The number of aromatic nitrogens is 1. The van der Waals surface area contributed by atoms with Crippen LogP contribution >= 0.6 is 11.8 Å². The van der Waals surface area contributed by atoms with Crippen LogP contribution in [0.15, 0.2) is 18.3 Å². The molecule has 0 spiro atoms. The van der Waals surface area contributed by atoms with Crippen molar-refractivity contribution in [2.75, 3.05) is 23.9 Å². The van der Waals surface area contributed by atoms with Crippen molar-refractivity contribution in [1.29, 1.82) is 0 Å². The molecule has 1 aromatic rings. The highest BCUT2D eigenvalue weighted by molar-refractivity contribution is 7.98. The van der Waals surface area contributed by atoms with E-state index >= 15 is 0 Å². The molecule has 1 rings (SSSR count). The summed E-state index contributed by atoms with van der Waals surface area (Å²) < 4.78 is 0. The normalized spacial score (nSPS) is 10.1. The molecule has 0 aliphatic heterocycles. The molecular weight excluding hydrogens is 278 g/mol. The van der Waals surface area contributed by atoms with Crippen LogP contribution in [0.2, 0.25) is 0 Å². The molecule has 20 heavy (non-hydrogen) atoms. The fourth-order valence-electron chi connectivity index (χ4n) is 1.59. The van der Waals surface area contributed by atoms with Crippen molar-refractivity contribution >= 4 is 29.4 Å². The van der Waals surface area contributed by atoms with Gasteiger partial charge in [0.1, 0.15) is 0 Å². The third-order valence-corrected chi connectivity index (χ3v) is 3.27. The largest absolute Gasteiger partial charge is 0.476 e. The molecule has 3 N–H and O–H groups in total. The van der Waals surface area contributed by atoms with Gasteiger partial charge in [0, 0.05) is 12.7 Å². The van der Waals surface area contributed by atoms with Crippen LogP contribution in [0.5, 0.6) is 0 Å². The van der Waals surface area contributed by atoms with Crippen LogP contribution < -0.4 is 10.6 Å². The van der Waals surface area contributed by atoms with E-state index < -0.39 is 12.0 Å². The Kier molecular flexibility index (Phi) is 7.49. The molecule has 0 saturated carbocycles. The number of carbonyl (C=O) groups is 2. The fraction of sp³-hybridized carbons (Fsp3) is 0.462. The number of urea groups is 1. The molecule has 0 bridgehead atoms. The highest BCUT2D eigenvalue weighted by Gasteiger charge is 2.12. The molecule has 0 aliphatic rings. The zero-order valence-corrected chi connectivity index (χ0v) is 12.2. The number of nitrogens with zero attached hydrogens (tertiary/aromatic N) is 1. The number of hydrogen-bond donors (Lipinski definition) is 3. The first-order valence-corrected chi connectivity index (χ1v) is 7.76. The number of rotatable bonds is 8. The smallest absolute Gasteiger partial charge is 0.356 e. The van der Waals surface area contributed by atoms with E-state index in [0.717, 1.165) is 25.0 Å². The second-order valence-corrected chi connectivity index (χ2v) is 5.12. The van der Waals surface area contributed by atoms with Gasteiger partial charge < -0.3 is 15.7 Å².